The lowest BCUT2D eigenvalue weighted by molar-refractivity contribution is -0.127. The lowest BCUT2D eigenvalue weighted by Gasteiger charge is -2.15. The molecule has 0 aliphatic heterocycles. The van der Waals surface area contributed by atoms with Crippen molar-refractivity contribution in [1.29, 1.82) is 0 Å². The Balaban J connectivity index is 1.76. The van der Waals surface area contributed by atoms with Crippen molar-refractivity contribution in [3.63, 3.8) is 0 Å². The van der Waals surface area contributed by atoms with Crippen LogP contribution in [0.15, 0.2) is 48.5 Å². The zero-order valence-corrected chi connectivity index (χ0v) is 15.4. The molecule has 0 saturated carbocycles. The number of carbonyl (C=O) groups excluding carboxylic acids is 1. The van der Waals surface area contributed by atoms with Crippen LogP contribution in [0.4, 0.5) is 0 Å². The van der Waals surface area contributed by atoms with Crippen molar-refractivity contribution in [3.05, 3.63) is 59.1 Å². The maximum absolute atomic E-state index is 12.1. The summed E-state index contributed by atoms with van der Waals surface area (Å²) in [4.78, 5) is 12.1. The van der Waals surface area contributed by atoms with Crippen LogP contribution in [0.25, 0.3) is 0 Å². The number of hydrogen-bond acceptors (Lipinski definition) is 3. The Morgan fingerprint density at radius 1 is 1.12 bits per heavy atom. The van der Waals surface area contributed by atoms with Gasteiger partial charge in [0.05, 0.1) is 11.6 Å². The van der Waals surface area contributed by atoms with Crippen molar-refractivity contribution in [3.8, 4) is 11.5 Å². The van der Waals surface area contributed by atoms with E-state index in [1.807, 2.05) is 37.3 Å². The van der Waals surface area contributed by atoms with Crippen LogP contribution in [0.1, 0.15) is 25.8 Å². The number of ether oxygens (including phenoxy) is 2. The SMILES string of the molecule is CCOc1ccccc1CCCNC(=O)[C@H](C)Oc1ccccc1Cl. The Morgan fingerprint density at radius 2 is 1.80 bits per heavy atom. The van der Waals surface area contributed by atoms with E-state index in [0.29, 0.717) is 23.9 Å². The molecule has 0 aliphatic carbocycles. The Bertz CT molecular complexity index is 690. The Morgan fingerprint density at radius 3 is 2.52 bits per heavy atom. The highest BCUT2D eigenvalue weighted by Gasteiger charge is 2.15. The van der Waals surface area contributed by atoms with Crippen molar-refractivity contribution < 1.29 is 14.3 Å². The third kappa shape index (κ3) is 5.98. The van der Waals surface area contributed by atoms with Gasteiger partial charge in [-0.2, -0.15) is 0 Å². The van der Waals surface area contributed by atoms with E-state index in [1.165, 1.54) is 0 Å². The molecule has 0 radical (unpaired) electrons. The molecule has 4 nitrogen and oxygen atoms in total. The molecule has 0 aliphatic rings. The Labute approximate surface area is 154 Å². The van der Waals surface area contributed by atoms with Gasteiger partial charge in [0.1, 0.15) is 11.5 Å². The molecule has 1 N–H and O–H groups in total. The number of aryl methyl sites for hydroxylation is 1. The molecule has 0 spiro atoms. The molecule has 5 heteroatoms. The third-order valence-electron chi connectivity index (χ3n) is 3.70. The van der Waals surface area contributed by atoms with Crippen LogP contribution in [-0.2, 0) is 11.2 Å². The number of rotatable bonds is 9. The summed E-state index contributed by atoms with van der Waals surface area (Å²) in [5, 5.41) is 3.39. The van der Waals surface area contributed by atoms with E-state index < -0.39 is 6.10 Å². The van der Waals surface area contributed by atoms with Gasteiger partial charge in [-0.05, 0) is 50.5 Å². The fourth-order valence-electron chi connectivity index (χ4n) is 2.43. The van der Waals surface area contributed by atoms with E-state index in [2.05, 4.69) is 11.4 Å². The van der Waals surface area contributed by atoms with E-state index >= 15 is 0 Å². The second kappa shape index (κ2) is 9.94. The molecule has 0 aromatic heterocycles. The van der Waals surface area contributed by atoms with Crippen LogP contribution in [0.5, 0.6) is 11.5 Å². The van der Waals surface area contributed by atoms with Gasteiger partial charge in [0, 0.05) is 6.54 Å². The minimum absolute atomic E-state index is 0.155. The molecule has 1 atom stereocenters. The van der Waals surface area contributed by atoms with Gasteiger partial charge in [-0.25, -0.2) is 0 Å². The van der Waals surface area contributed by atoms with Gasteiger partial charge in [0.25, 0.3) is 5.91 Å². The molecule has 0 unspecified atom stereocenters. The van der Waals surface area contributed by atoms with Gasteiger partial charge in [-0.1, -0.05) is 41.9 Å². The van der Waals surface area contributed by atoms with Gasteiger partial charge in [-0.15, -0.1) is 0 Å². The Hall–Kier alpha value is -2.20. The zero-order valence-electron chi connectivity index (χ0n) is 14.6. The molecule has 134 valence electrons. The number of amides is 1. The van der Waals surface area contributed by atoms with Gasteiger partial charge in [0.2, 0.25) is 0 Å². The van der Waals surface area contributed by atoms with Gasteiger partial charge in [0.15, 0.2) is 6.10 Å². The van der Waals surface area contributed by atoms with Gasteiger partial charge in [-0.3, -0.25) is 4.79 Å². The highest BCUT2D eigenvalue weighted by Crippen LogP contribution is 2.24. The normalized spacial score (nSPS) is 11.6. The summed E-state index contributed by atoms with van der Waals surface area (Å²) in [6.07, 6.45) is 1.07. The van der Waals surface area contributed by atoms with Crippen LogP contribution in [0.2, 0.25) is 5.02 Å². The lowest BCUT2D eigenvalue weighted by Crippen LogP contribution is -2.37. The molecule has 0 saturated heterocycles. The molecule has 1 amide bonds. The van der Waals surface area contributed by atoms with Crippen molar-refractivity contribution >= 4 is 17.5 Å². The predicted octanol–water partition coefficient (Wildman–Crippen LogP) is 4.26. The number of para-hydroxylation sites is 2. The lowest BCUT2D eigenvalue weighted by atomic mass is 10.1. The van der Waals surface area contributed by atoms with Crippen molar-refractivity contribution in [1.82, 2.24) is 5.32 Å². The largest absolute Gasteiger partial charge is 0.494 e. The Kier molecular flexibility index (Phi) is 7.61. The van der Waals surface area contributed by atoms with Crippen molar-refractivity contribution in [2.75, 3.05) is 13.2 Å². The zero-order chi connectivity index (χ0) is 18.1. The summed E-state index contributed by atoms with van der Waals surface area (Å²) >= 11 is 6.04. The van der Waals surface area contributed by atoms with E-state index in [4.69, 9.17) is 21.1 Å². The first kappa shape index (κ1) is 19.1. The monoisotopic (exact) mass is 361 g/mol. The molecular weight excluding hydrogens is 338 g/mol. The highest BCUT2D eigenvalue weighted by atomic mass is 35.5. The minimum Gasteiger partial charge on any atom is -0.494 e. The van der Waals surface area contributed by atoms with Crippen LogP contribution in [-0.4, -0.2) is 25.2 Å². The number of halogens is 1. The van der Waals surface area contributed by atoms with Crippen molar-refractivity contribution in [2.24, 2.45) is 0 Å². The third-order valence-corrected chi connectivity index (χ3v) is 4.02. The van der Waals surface area contributed by atoms with Gasteiger partial charge >= 0.3 is 0 Å². The first-order valence-electron chi connectivity index (χ1n) is 8.51. The summed E-state index contributed by atoms with van der Waals surface area (Å²) in [6.45, 7) is 4.90. The molecular formula is C20H24ClNO3. The molecule has 2 rings (SSSR count). The first-order valence-corrected chi connectivity index (χ1v) is 8.89. The summed E-state index contributed by atoms with van der Waals surface area (Å²) in [6, 6.07) is 15.1. The summed E-state index contributed by atoms with van der Waals surface area (Å²) in [7, 11) is 0. The van der Waals surface area contributed by atoms with Crippen LogP contribution in [0.3, 0.4) is 0 Å². The molecule has 0 heterocycles. The van der Waals surface area contributed by atoms with Gasteiger partial charge < -0.3 is 14.8 Å². The second-order valence-electron chi connectivity index (χ2n) is 5.63. The number of benzene rings is 2. The van der Waals surface area contributed by atoms with E-state index in [9.17, 15) is 4.79 Å². The molecule has 0 fully saturated rings. The van der Waals surface area contributed by atoms with E-state index in [-0.39, 0.29) is 5.91 Å². The highest BCUT2D eigenvalue weighted by molar-refractivity contribution is 6.32. The fourth-order valence-corrected chi connectivity index (χ4v) is 2.61. The maximum atomic E-state index is 12.1. The maximum Gasteiger partial charge on any atom is 0.260 e. The topological polar surface area (TPSA) is 47.6 Å². The second-order valence-corrected chi connectivity index (χ2v) is 6.03. The smallest absolute Gasteiger partial charge is 0.260 e. The summed E-state index contributed by atoms with van der Waals surface area (Å²) in [5.74, 6) is 1.27. The van der Waals surface area contributed by atoms with Crippen LogP contribution >= 0.6 is 11.6 Å². The van der Waals surface area contributed by atoms with Crippen molar-refractivity contribution in [2.45, 2.75) is 32.8 Å². The average molecular weight is 362 g/mol. The predicted molar refractivity (Wildman–Crippen MR) is 100 cm³/mol. The summed E-state index contributed by atoms with van der Waals surface area (Å²) < 4.78 is 11.2. The van der Waals surface area contributed by atoms with Crippen LogP contribution < -0.4 is 14.8 Å². The average Bonchev–Trinajstić information content (AvgIpc) is 2.62. The molecule has 2 aromatic rings. The molecule has 0 bridgehead atoms. The number of nitrogens with one attached hydrogen (secondary N) is 1. The van der Waals surface area contributed by atoms with E-state index in [0.717, 1.165) is 24.2 Å². The minimum atomic E-state index is -0.601. The number of carbonyl (C=O) groups is 1. The number of hydrogen-bond donors (Lipinski definition) is 1. The standard InChI is InChI=1S/C20H24ClNO3/c1-3-24-18-12-6-4-9-16(18)10-8-14-22-20(23)15(2)25-19-13-7-5-11-17(19)21/h4-7,9,11-13,15H,3,8,10,14H2,1-2H3,(H,22,23)/t15-/m0/s1. The molecule has 25 heavy (non-hydrogen) atoms. The van der Waals surface area contributed by atoms with Crippen LogP contribution in [0, 0.1) is 0 Å². The quantitative estimate of drug-likeness (QED) is 0.679. The first-order chi connectivity index (χ1) is 12.1. The molecule has 2 aromatic carbocycles. The summed E-state index contributed by atoms with van der Waals surface area (Å²) in [5.41, 5.74) is 1.15. The van der Waals surface area contributed by atoms with E-state index in [1.54, 1.807) is 19.1 Å². The fraction of sp³-hybridized carbons (Fsp3) is 0.350.